The normalized spacial score (nSPS) is 15.5. The topological polar surface area (TPSA) is 86.5 Å². The van der Waals surface area contributed by atoms with E-state index < -0.39 is 6.04 Å². The Kier molecular flexibility index (Phi) is 6.64. The summed E-state index contributed by atoms with van der Waals surface area (Å²) in [6.07, 6.45) is 2.30. The number of rotatable bonds is 7. The molecule has 0 aliphatic carbocycles. The van der Waals surface area contributed by atoms with Gasteiger partial charge in [0.15, 0.2) is 0 Å². The van der Waals surface area contributed by atoms with Crippen LogP contribution in [0.5, 0.6) is 0 Å². The van der Waals surface area contributed by atoms with Crippen molar-refractivity contribution < 1.29 is 14.3 Å². The summed E-state index contributed by atoms with van der Waals surface area (Å²) in [6, 6.07) is 15.1. The number of benzene rings is 2. The number of aromatic amines is 1. The molecule has 31 heavy (non-hydrogen) atoms. The van der Waals surface area contributed by atoms with Gasteiger partial charge in [0.25, 0.3) is 0 Å². The van der Waals surface area contributed by atoms with E-state index in [1.54, 1.807) is 0 Å². The maximum atomic E-state index is 13.0. The molecule has 4 rings (SSSR count). The zero-order valence-corrected chi connectivity index (χ0v) is 17.7. The van der Waals surface area contributed by atoms with Crippen LogP contribution in [0.3, 0.4) is 0 Å². The van der Waals surface area contributed by atoms with Crippen LogP contribution in [0.1, 0.15) is 18.1 Å². The minimum absolute atomic E-state index is 0.232. The lowest BCUT2D eigenvalue weighted by molar-refractivity contribution is -0.125. The molecule has 1 aromatic heterocycles. The quantitative estimate of drug-likeness (QED) is 0.549. The van der Waals surface area contributed by atoms with E-state index in [4.69, 9.17) is 4.74 Å². The first-order chi connectivity index (χ1) is 15.1. The standard InChI is InChI=1S/C24H28N4O3/c1-17(29)26-23(14-19-15-25-22-8-3-2-7-21(19)22)24(30)27-20-6-4-5-18(13-20)16-28-9-11-31-12-10-28/h2-8,13,15,23,25H,9-12,14,16H2,1H3,(H,26,29)(H,27,30). The zero-order chi connectivity index (χ0) is 21.6. The average Bonchev–Trinajstić information content (AvgIpc) is 3.17. The number of anilines is 1. The van der Waals surface area contributed by atoms with Gasteiger partial charge in [-0.25, -0.2) is 0 Å². The molecule has 162 valence electrons. The lowest BCUT2D eigenvalue weighted by Gasteiger charge is -2.26. The summed E-state index contributed by atoms with van der Waals surface area (Å²) < 4.78 is 5.41. The third-order valence-corrected chi connectivity index (χ3v) is 5.50. The van der Waals surface area contributed by atoms with Crippen molar-refractivity contribution in [1.82, 2.24) is 15.2 Å². The highest BCUT2D eigenvalue weighted by atomic mass is 16.5. The molecule has 1 aliphatic heterocycles. The molecule has 2 heterocycles. The zero-order valence-electron chi connectivity index (χ0n) is 17.7. The van der Waals surface area contributed by atoms with Crippen LogP contribution in [0.4, 0.5) is 5.69 Å². The minimum atomic E-state index is -0.667. The summed E-state index contributed by atoms with van der Waals surface area (Å²) in [5, 5.41) is 6.83. The number of carbonyl (C=O) groups is 2. The van der Waals surface area contributed by atoms with Crippen molar-refractivity contribution in [3.8, 4) is 0 Å². The van der Waals surface area contributed by atoms with Crippen molar-refractivity contribution in [1.29, 1.82) is 0 Å². The van der Waals surface area contributed by atoms with Crippen LogP contribution in [0.2, 0.25) is 0 Å². The third-order valence-electron chi connectivity index (χ3n) is 5.50. The van der Waals surface area contributed by atoms with Crippen LogP contribution in [0, 0.1) is 0 Å². The molecule has 1 fully saturated rings. The van der Waals surface area contributed by atoms with E-state index in [0.29, 0.717) is 6.42 Å². The van der Waals surface area contributed by atoms with Crippen molar-refractivity contribution in [3.05, 3.63) is 65.9 Å². The Morgan fingerprint density at radius 3 is 2.74 bits per heavy atom. The fourth-order valence-electron chi connectivity index (χ4n) is 3.97. The van der Waals surface area contributed by atoms with E-state index in [1.807, 2.05) is 48.7 Å². The molecule has 1 aliphatic rings. The molecule has 7 heteroatoms. The summed E-state index contributed by atoms with van der Waals surface area (Å²) in [5.41, 5.74) is 3.86. The van der Waals surface area contributed by atoms with Gasteiger partial charge in [-0.1, -0.05) is 30.3 Å². The van der Waals surface area contributed by atoms with Gasteiger partial charge >= 0.3 is 0 Å². The number of nitrogens with zero attached hydrogens (tertiary/aromatic N) is 1. The number of hydrogen-bond donors (Lipinski definition) is 3. The largest absolute Gasteiger partial charge is 0.379 e. The van der Waals surface area contributed by atoms with Gasteiger partial charge in [0.2, 0.25) is 11.8 Å². The summed E-state index contributed by atoms with van der Waals surface area (Å²) in [5.74, 6) is -0.468. The molecule has 7 nitrogen and oxygen atoms in total. The number of carbonyl (C=O) groups excluding carboxylic acids is 2. The lowest BCUT2D eigenvalue weighted by atomic mass is 10.0. The fourth-order valence-corrected chi connectivity index (χ4v) is 3.97. The van der Waals surface area contributed by atoms with Gasteiger partial charge in [0, 0.05) is 55.8 Å². The van der Waals surface area contributed by atoms with Gasteiger partial charge in [-0.05, 0) is 29.3 Å². The molecule has 2 aromatic carbocycles. The molecule has 2 amide bonds. The second kappa shape index (κ2) is 9.76. The summed E-state index contributed by atoms with van der Waals surface area (Å²) >= 11 is 0. The predicted octanol–water partition coefficient (Wildman–Crippen LogP) is 2.69. The highest BCUT2D eigenvalue weighted by Gasteiger charge is 2.22. The molecule has 0 spiro atoms. The smallest absolute Gasteiger partial charge is 0.247 e. The average molecular weight is 421 g/mol. The van der Waals surface area contributed by atoms with Crippen LogP contribution >= 0.6 is 0 Å². The van der Waals surface area contributed by atoms with Gasteiger partial charge in [0.1, 0.15) is 6.04 Å². The van der Waals surface area contributed by atoms with Gasteiger partial charge in [-0.3, -0.25) is 14.5 Å². The first-order valence-corrected chi connectivity index (χ1v) is 10.6. The van der Waals surface area contributed by atoms with E-state index in [2.05, 4.69) is 26.6 Å². The Hall–Kier alpha value is -3.16. The molecule has 3 N–H and O–H groups in total. The minimum Gasteiger partial charge on any atom is -0.379 e. The van der Waals surface area contributed by atoms with Crippen LogP contribution in [0.15, 0.2) is 54.7 Å². The number of aromatic nitrogens is 1. The van der Waals surface area contributed by atoms with E-state index in [0.717, 1.165) is 60.6 Å². The monoisotopic (exact) mass is 420 g/mol. The van der Waals surface area contributed by atoms with Crippen molar-refractivity contribution in [2.24, 2.45) is 0 Å². The number of amides is 2. The fraction of sp³-hybridized carbons (Fsp3) is 0.333. The summed E-state index contributed by atoms with van der Waals surface area (Å²) in [7, 11) is 0. The highest BCUT2D eigenvalue weighted by molar-refractivity contribution is 5.97. The van der Waals surface area contributed by atoms with E-state index in [1.165, 1.54) is 6.92 Å². The third kappa shape index (κ3) is 5.51. The number of para-hydroxylation sites is 1. The SMILES string of the molecule is CC(=O)NC(Cc1c[nH]c2ccccc12)C(=O)Nc1cccc(CN2CCOCC2)c1. The van der Waals surface area contributed by atoms with Crippen molar-refractivity contribution in [2.45, 2.75) is 25.9 Å². The van der Waals surface area contributed by atoms with Gasteiger partial charge in [-0.15, -0.1) is 0 Å². The second-order valence-electron chi connectivity index (χ2n) is 7.89. The van der Waals surface area contributed by atoms with Crippen LogP contribution < -0.4 is 10.6 Å². The Morgan fingerprint density at radius 1 is 1.13 bits per heavy atom. The summed E-state index contributed by atoms with van der Waals surface area (Å²) in [6.45, 7) is 5.57. The molecule has 3 aromatic rings. The second-order valence-corrected chi connectivity index (χ2v) is 7.89. The molecule has 0 radical (unpaired) electrons. The number of hydrogen-bond acceptors (Lipinski definition) is 4. The maximum absolute atomic E-state index is 13.0. The van der Waals surface area contributed by atoms with Gasteiger partial charge < -0.3 is 20.4 Å². The number of ether oxygens (including phenoxy) is 1. The molecular weight excluding hydrogens is 392 g/mol. The van der Waals surface area contributed by atoms with E-state index in [-0.39, 0.29) is 11.8 Å². The molecule has 0 bridgehead atoms. The van der Waals surface area contributed by atoms with Crippen LogP contribution in [0.25, 0.3) is 10.9 Å². The molecule has 0 saturated carbocycles. The number of morpholine rings is 1. The number of nitrogens with one attached hydrogen (secondary N) is 3. The van der Waals surface area contributed by atoms with Crippen molar-refractivity contribution in [2.75, 3.05) is 31.6 Å². The van der Waals surface area contributed by atoms with Gasteiger partial charge in [0.05, 0.1) is 13.2 Å². The van der Waals surface area contributed by atoms with E-state index >= 15 is 0 Å². The lowest BCUT2D eigenvalue weighted by Crippen LogP contribution is -2.44. The molecular formula is C24H28N4O3. The van der Waals surface area contributed by atoms with Crippen molar-refractivity contribution in [3.63, 3.8) is 0 Å². The van der Waals surface area contributed by atoms with E-state index in [9.17, 15) is 9.59 Å². The Morgan fingerprint density at radius 2 is 1.94 bits per heavy atom. The van der Waals surface area contributed by atoms with Crippen molar-refractivity contribution >= 4 is 28.4 Å². The number of fused-ring (bicyclic) bond motifs is 1. The molecule has 1 atom stereocenters. The maximum Gasteiger partial charge on any atom is 0.247 e. The summed E-state index contributed by atoms with van der Waals surface area (Å²) in [4.78, 5) is 30.4. The Bertz CT molecular complexity index is 1060. The highest BCUT2D eigenvalue weighted by Crippen LogP contribution is 2.20. The number of H-pyrrole nitrogens is 1. The molecule has 1 saturated heterocycles. The van der Waals surface area contributed by atoms with Gasteiger partial charge in [-0.2, -0.15) is 0 Å². The first-order valence-electron chi connectivity index (χ1n) is 10.6. The molecule has 1 unspecified atom stereocenters. The van der Waals surface area contributed by atoms with Crippen LogP contribution in [-0.2, 0) is 27.3 Å². The predicted molar refractivity (Wildman–Crippen MR) is 121 cm³/mol. The Labute approximate surface area is 181 Å². The first kappa shape index (κ1) is 21.1. The van der Waals surface area contributed by atoms with Crippen LogP contribution in [-0.4, -0.2) is 54.0 Å². The Balaban J connectivity index is 1.46.